The van der Waals surface area contributed by atoms with Gasteiger partial charge in [-0.1, -0.05) is 48.0 Å². The number of halogens is 2. The summed E-state index contributed by atoms with van der Waals surface area (Å²) < 4.78 is 14.3. The maximum Gasteiger partial charge on any atom is 0.231 e. The second kappa shape index (κ2) is 7.03. The molecule has 1 aromatic heterocycles. The smallest absolute Gasteiger partial charge is 0.231 e. The van der Waals surface area contributed by atoms with E-state index in [9.17, 15) is 9.18 Å². The highest BCUT2D eigenvalue weighted by Crippen LogP contribution is 2.32. The summed E-state index contributed by atoms with van der Waals surface area (Å²) in [5.41, 5.74) is 8.64. The predicted molar refractivity (Wildman–Crippen MR) is 96.9 cm³/mol. The van der Waals surface area contributed by atoms with E-state index in [1.165, 1.54) is 18.2 Å². The summed E-state index contributed by atoms with van der Waals surface area (Å²) in [4.78, 5) is 16.6. The first-order chi connectivity index (χ1) is 12.0. The lowest BCUT2D eigenvalue weighted by Crippen LogP contribution is -2.24. The lowest BCUT2D eigenvalue weighted by molar-refractivity contribution is -0.118. The molecule has 3 rings (SSSR count). The number of carbonyl (C=O) groups excluding carboxylic acids is 1. The van der Waals surface area contributed by atoms with Gasteiger partial charge in [0.2, 0.25) is 5.91 Å². The van der Waals surface area contributed by atoms with Crippen LogP contribution in [0.5, 0.6) is 0 Å². The number of rotatable bonds is 4. The summed E-state index contributed by atoms with van der Waals surface area (Å²) in [7, 11) is 0. The molecule has 2 N–H and O–H groups in total. The zero-order chi connectivity index (χ0) is 18.0. The number of aromatic nitrogens is 1. The SMILES string of the molecule is Cc1ccccc1-c1cccc(C(C(N)=O)c2c(F)cccc2Cl)n1. The second-order valence-electron chi connectivity index (χ2n) is 5.73. The number of pyridine rings is 1. The molecule has 0 saturated carbocycles. The highest BCUT2D eigenvalue weighted by atomic mass is 35.5. The van der Waals surface area contributed by atoms with Crippen LogP contribution in [0.15, 0.2) is 60.7 Å². The number of carbonyl (C=O) groups is 1. The van der Waals surface area contributed by atoms with Crippen LogP contribution in [0.25, 0.3) is 11.3 Å². The standard InChI is InChI=1S/C20H16ClFN2O/c1-12-6-2-3-7-13(12)16-10-5-11-17(24-16)19(20(23)25)18-14(21)8-4-9-15(18)22/h2-11,19H,1H3,(H2,23,25). The van der Waals surface area contributed by atoms with Crippen molar-refractivity contribution >= 4 is 17.5 Å². The molecular formula is C20H16ClFN2O. The number of aryl methyl sites for hydroxylation is 1. The Hall–Kier alpha value is -2.72. The van der Waals surface area contributed by atoms with E-state index in [1.807, 2.05) is 37.3 Å². The molecule has 1 amide bonds. The van der Waals surface area contributed by atoms with Crippen molar-refractivity contribution in [1.82, 2.24) is 4.98 Å². The average molecular weight is 355 g/mol. The summed E-state index contributed by atoms with van der Waals surface area (Å²) in [5.74, 6) is -2.35. The molecule has 2 aromatic carbocycles. The lowest BCUT2D eigenvalue weighted by Gasteiger charge is -2.17. The fourth-order valence-corrected chi connectivity index (χ4v) is 3.12. The molecule has 3 nitrogen and oxygen atoms in total. The molecule has 3 aromatic rings. The Kier molecular flexibility index (Phi) is 4.81. The monoisotopic (exact) mass is 354 g/mol. The Balaban J connectivity index is 2.15. The molecule has 0 bridgehead atoms. The predicted octanol–water partition coefficient (Wildman–Crippen LogP) is 4.47. The first kappa shape index (κ1) is 17.1. The van der Waals surface area contributed by atoms with Crippen molar-refractivity contribution in [2.45, 2.75) is 12.8 Å². The van der Waals surface area contributed by atoms with E-state index in [0.29, 0.717) is 11.4 Å². The van der Waals surface area contributed by atoms with Gasteiger partial charge in [-0.2, -0.15) is 0 Å². The Morgan fingerprint density at radius 3 is 2.48 bits per heavy atom. The highest BCUT2D eigenvalue weighted by Gasteiger charge is 2.27. The molecular weight excluding hydrogens is 339 g/mol. The maximum absolute atomic E-state index is 14.3. The van der Waals surface area contributed by atoms with Gasteiger partial charge in [-0.25, -0.2) is 4.39 Å². The zero-order valence-electron chi connectivity index (χ0n) is 13.5. The Labute approximate surface area is 150 Å². The van der Waals surface area contributed by atoms with Gasteiger partial charge < -0.3 is 5.73 Å². The normalized spacial score (nSPS) is 12.0. The zero-order valence-corrected chi connectivity index (χ0v) is 14.3. The molecule has 1 atom stereocenters. The van der Waals surface area contributed by atoms with Gasteiger partial charge in [-0.05, 0) is 36.8 Å². The van der Waals surface area contributed by atoms with E-state index in [1.54, 1.807) is 12.1 Å². The van der Waals surface area contributed by atoms with Gasteiger partial charge in [0.25, 0.3) is 0 Å². The Morgan fingerprint density at radius 1 is 1.08 bits per heavy atom. The van der Waals surface area contributed by atoms with Crippen LogP contribution in [0.3, 0.4) is 0 Å². The van der Waals surface area contributed by atoms with Crippen LogP contribution < -0.4 is 5.73 Å². The second-order valence-corrected chi connectivity index (χ2v) is 6.14. The number of benzene rings is 2. The van der Waals surface area contributed by atoms with Crippen LogP contribution >= 0.6 is 11.6 Å². The van der Waals surface area contributed by atoms with Crippen molar-refractivity contribution in [3.05, 3.63) is 88.3 Å². The van der Waals surface area contributed by atoms with Crippen molar-refractivity contribution in [3.8, 4) is 11.3 Å². The number of hydrogen-bond donors (Lipinski definition) is 1. The van der Waals surface area contributed by atoms with E-state index in [0.717, 1.165) is 11.1 Å². The van der Waals surface area contributed by atoms with Gasteiger partial charge in [0.1, 0.15) is 11.7 Å². The highest BCUT2D eigenvalue weighted by molar-refractivity contribution is 6.31. The summed E-state index contributed by atoms with van der Waals surface area (Å²) in [5, 5.41) is 0.145. The van der Waals surface area contributed by atoms with Crippen molar-refractivity contribution in [1.29, 1.82) is 0 Å². The van der Waals surface area contributed by atoms with E-state index in [2.05, 4.69) is 4.98 Å². The Bertz CT molecular complexity index is 922. The number of hydrogen-bond acceptors (Lipinski definition) is 2. The average Bonchev–Trinajstić information content (AvgIpc) is 2.58. The van der Waals surface area contributed by atoms with Gasteiger partial charge in [0.15, 0.2) is 0 Å². The molecule has 1 heterocycles. The summed E-state index contributed by atoms with van der Waals surface area (Å²) in [6.07, 6.45) is 0. The van der Waals surface area contributed by atoms with E-state index >= 15 is 0 Å². The van der Waals surface area contributed by atoms with E-state index in [-0.39, 0.29) is 10.6 Å². The lowest BCUT2D eigenvalue weighted by atomic mass is 9.93. The van der Waals surface area contributed by atoms with Crippen LogP contribution in [0.2, 0.25) is 5.02 Å². The molecule has 0 radical (unpaired) electrons. The van der Waals surface area contributed by atoms with E-state index < -0.39 is 17.6 Å². The molecule has 1 unspecified atom stereocenters. The van der Waals surface area contributed by atoms with Gasteiger partial charge in [0, 0.05) is 16.1 Å². The topological polar surface area (TPSA) is 56.0 Å². The van der Waals surface area contributed by atoms with Crippen LogP contribution in [0.4, 0.5) is 4.39 Å². The van der Waals surface area contributed by atoms with E-state index in [4.69, 9.17) is 17.3 Å². The van der Waals surface area contributed by atoms with Crippen molar-refractivity contribution < 1.29 is 9.18 Å². The van der Waals surface area contributed by atoms with Gasteiger partial charge in [-0.3, -0.25) is 9.78 Å². The van der Waals surface area contributed by atoms with Crippen LogP contribution in [0, 0.1) is 12.7 Å². The fraction of sp³-hybridized carbons (Fsp3) is 0.100. The summed E-state index contributed by atoms with van der Waals surface area (Å²) >= 11 is 6.12. The molecule has 126 valence electrons. The quantitative estimate of drug-likeness (QED) is 0.751. The third kappa shape index (κ3) is 3.39. The maximum atomic E-state index is 14.3. The first-order valence-electron chi connectivity index (χ1n) is 7.75. The first-order valence-corrected chi connectivity index (χ1v) is 8.13. The number of amides is 1. The summed E-state index contributed by atoms with van der Waals surface area (Å²) in [6, 6.07) is 17.3. The van der Waals surface area contributed by atoms with Crippen molar-refractivity contribution in [2.75, 3.05) is 0 Å². The molecule has 0 aliphatic rings. The minimum absolute atomic E-state index is 0.0473. The molecule has 25 heavy (non-hydrogen) atoms. The molecule has 0 aliphatic carbocycles. The summed E-state index contributed by atoms with van der Waals surface area (Å²) in [6.45, 7) is 1.98. The number of nitrogens with zero attached hydrogens (tertiary/aromatic N) is 1. The third-order valence-electron chi connectivity index (χ3n) is 4.06. The fourth-order valence-electron chi connectivity index (χ4n) is 2.84. The minimum atomic E-state index is -1.06. The van der Waals surface area contributed by atoms with Crippen molar-refractivity contribution in [2.24, 2.45) is 5.73 Å². The number of primary amides is 1. The van der Waals surface area contributed by atoms with Crippen molar-refractivity contribution in [3.63, 3.8) is 0 Å². The molecule has 0 aliphatic heterocycles. The van der Waals surface area contributed by atoms with Crippen LogP contribution in [-0.4, -0.2) is 10.9 Å². The largest absolute Gasteiger partial charge is 0.369 e. The van der Waals surface area contributed by atoms with Gasteiger partial charge >= 0.3 is 0 Å². The molecule has 0 spiro atoms. The minimum Gasteiger partial charge on any atom is -0.369 e. The Morgan fingerprint density at radius 2 is 1.80 bits per heavy atom. The molecule has 0 fully saturated rings. The third-order valence-corrected chi connectivity index (χ3v) is 4.39. The number of nitrogens with two attached hydrogens (primary N) is 1. The van der Waals surface area contributed by atoms with Crippen LogP contribution in [-0.2, 0) is 4.79 Å². The molecule has 0 saturated heterocycles. The van der Waals surface area contributed by atoms with Crippen LogP contribution in [0.1, 0.15) is 22.7 Å². The molecule has 5 heteroatoms. The van der Waals surface area contributed by atoms with Gasteiger partial charge in [0.05, 0.1) is 11.4 Å². The van der Waals surface area contributed by atoms with Gasteiger partial charge in [-0.15, -0.1) is 0 Å².